The van der Waals surface area contributed by atoms with E-state index in [0.717, 1.165) is 66.5 Å². The molecule has 7 heteroatoms. The number of nitrogens with one attached hydrogen (secondary N) is 3. The van der Waals surface area contributed by atoms with E-state index in [9.17, 15) is 0 Å². The Kier molecular flexibility index (Phi) is 9.37. The number of rotatable bonds is 12. The first-order valence-corrected chi connectivity index (χ1v) is 11.4. The number of hydrogen-bond donors (Lipinski definition) is 3. The van der Waals surface area contributed by atoms with Crippen LogP contribution in [0.4, 0.5) is 0 Å². The molecule has 3 aromatic rings. The van der Waals surface area contributed by atoms with Crippen molar-refractivity contribution in [2.75, 3.05) is 33.4 Å². The van der Waals surface area contributed by atoms with Gasteiger partial charge in [0.2, 0.25) is 0 Å². The molecule has 1 heterocycles. The number of ether oxygens (including phenoxy) is 2. The molecule has 0 bridgehead atoms. The Hall–Kier alpha value is -3.06. The van der Waals surface area contributed by atoms with Gasteiger partial charge in [0.15, 0.2) is 5.96 Å². The number of aliphatic imine (C=N–C) groups is 1. The van der Waals surface area contributed by atoms with E-state index in [-0.39, 0.29) is 0 Å². The molecule has 0 saturated carbocycles. The number of methoxy groups -OCH3 is 1. The maximum Gasteiger partial charge on any atom is 0.191 e. The first-order chi connectivity index (χ1) is 15.7. The minimum absolute atomic E-state index is 0.554. The Bertz CT molecular complexity index is 966. The fraction of sp³-hybridized carbons (Fsp3) is 0.440. The zero-order chi connectivity index (χ0) is 22.6. The monoisotopic (exact) mass is 437 g/mol. The summed E-state index contributed by atoms with van der Waals surface area (Å²) in [4.78, 5) is 12.8. The van der Waals surface area contributed by atoms with Crippen LogP contribution >= 0.6 is 0 Å². The molecule has 32 heavy (non-hydrogen) atoms. The molecule has 0 saturated heterocycles. The highest BCUT2D eigenvalue weighted by Crippen LogP contribution is 2.21. The molecule has 7 nitrogen and oxygen atoms in total. The Balaban J connectivity index is 1.52. The van der Waals surface area contributed by atoms with Crippen LogP contribution < -0.4 is 15.4 Å². The molecular formula is C25H35N5O2. The number of H-pyrrole nitrogens is 1. The van der Waals surface area contributed by atoms with Crippen LogP contribution in [0.2, 0.25) is 0 Å². The highest BCUT2D eigenvalue weighted by molar-refractivity contribution is 5.79. The molecule has 0 spiro atoms. The predicted molar refractivity (Wildman–Crippen MR) is 130 cm³/mol. The van der Waals surface area contributed by atoms with Gasteiger partial charge < -0.3 is 25.1 Å². The molecule has 3 N–H and O–H groups in total. The summed E-state index contributed by atoms with van der Waals surface area (Å²) in [6.45, 7) is 7.65. The number of hydrogen-bond acceptors (Lipinski definition) is 4. The van der Waals surface area contributed by atoms with Gasteiger partial charge in [0.1, 0.15) is 11.6 Å². The van der Waals surface area contributed by atoms with E-state index in [2.05, 4.69) is 58.7 Å². The molecule has 172 valence electrons. The lowest BCUT2D eigenvalue weighted by atomic mass is 10.1. The highest BCUT2D eigenvalue weighted by atomic mass is 16.5. The molecule has 1 aromatic heterocycles. The number of aromatic amines is 1. The maximum atomic E-state index is 5.98. The number of fused-ring (bicyclic) bond motifs is 1. The summed E-state index contributed by atoms with van der Waals surface area (Å²) in [6, 6.07) is 14.4. The molecule has 0 aliphatic carbocycles. The second-order valence-electron chi connectivity index (χ2n) is 7.73. The quantitative estimate of drug-likeness (QED) is 0.227. The van der Waals surface area contributed by atoms with Crippen molar-refractivity contribution in [3.05, 3.63) is 59.4 Å². The fourth-order valence-corrected chi connectivity index (χ4v) is 3.40. The van der Waals surface area contributed by atoms with Crippen LogP contribution in [0.3, 0.4) is 0 Å². The van der Waals surface area contributed by atoms with Crippen LogP contribution in [0.1, 0.15) is 36.7 Å². The van der Waals surface area contributed by atoms with E-state index >= 15 is 0 Å². The van der Waals surface area contributed by atoms with Crippen molar-refractivity contribution in [2.45, 2.75) is 39.7 Å². The predicted octanol–water partition coefficient (Wildman–Crippen LogP) is 3.97. The first-order valence-electron chi connectivity index (χ1n) is 11.4. The second kappa shape index (κ2) is 12.7. The van der Waals surface area contributed by atoms with Crippen LogP contribution in [0.15, 0.2) is 47.5 Å². The summed E-state index contributed by atoms with van der Waals surface area (Å²) >= 11 is 0. The molecule has 0 aliphatic rings. The zero-order valence-corrected chi connectivity index (χ0v) is 19.4. The molecule has 3 rings (SSSR count). The molecular weight excluding hydrogens is 402 g/mol. The van der Waals surface area contributed by atoms with E-state index in [4.69, 9.17) is 14.5 Å². The van der Waals surface area contributed by atoms with Crippen molar-refractivity contribution >= 4 is 17.0 Å². The second-order valence-corrected chi connectivity index (χ2v) is 7.73. The summed E-state index contributed by atoms with van der Waals surface area (Å²) in [7, 11) is 1.71. The molecule has 0 amide bonds. The molecule has 0 radical (unpaired) electrons. The number of nitrogens with zero attached hydrogens (tertiary/aromatic N) is 2. The van der Waals surface area contributed by atoms with Crippen LogP contribution in [0.5, 0.6) is 5.75 Å². The van der Waals surface area contributed by atoms with Crippen LogP contribution in [0.25, 0.3) is 11.0 Å². The average Bonchev–Trinajstić information content (AvgIpc) is 3.21. The van der Waals surface area contributed by atoms with Gasteiger partial charge in [-0.1, -0.05) is 24.3 Å². The lowest BCUT2D eigenvalue weighted by Crippen LogP contribution is -2.37. The maximum absolute atomic E-state index is 5.98. The van der Waals surface area contributed by atoms with Gasteiger partial charge in [-0.05, 0) is 44.0 Å². The van der Waals surface area contributed by atoms with Crippen molar-refractivity contribution in [3.63, 3.8) is 0 Å². The van der Waals surface area contributed by atoms with Crippen molar-refractivity contribution in [1.82, 2.24) is 20.6 Å². The summed E-state index contributed by atoms with van der Waals surface area (Å²) in [5.41, 5.74) is 4.36. The average molecular weight is 438 g/mol. The summed E-state index contributed by atoms with van der Waals surface area (Å²) in [5.74, 6) is 2.72. The number of benzene rings is 2. The van der Waals surface area contributed by atoms with Gasteiger partial charge in [0, 0.05) is 45.2 Å². The van der Waals surface area contributed by atoms with E-state index in [1.807, 2.05) is 18.2 Å². The third kappa shape index (κ3) is 7.27. The summed E-state index contributed by atoms with van der Waals surface area (Å²) in [6.07, 6.45) is 2.71. The Morgan fingerprint density at radius 3 is 2.78 bits per heavy atom. The molecule has 0 atom stereocenters. The molecule has 2 aromatic carbocycles. The number of aryl methyl sites for hydroxylation is 2. The Morgan fingerprint density at radius 2 is 1.97 bits per heavy atom. The van der Waals surface area contributed by atoms with Crippen molar-refractivity contribution < 1.29 is 9.47 Å². The third-order valence-corrected chi connectivity index (χ3v) is 5.05. The van der Waals surface area contributed by atoms with Crippen LogP contribution in [-0.2, 0) is 17.7 Å². The minimum Gasteiger partial charge on any atom is -0.493 e. The third-order valence-electron chi connectivity index (χ3n) is 5.05. The Morgan fingerprint density at radius 1 is 1.09 bits per heavy atom. The lowest BCUT2D eigenvalue weighted by Gasteiger charge is -2.13. The summed E-state index contributed by atoms with van der Waals surface area (Å²) < 4.78 is 11.1. The van der Waals surface area contributed by atoms with E-state index < -0.39 is 0 Å². The Labute approximate surface area is 190 Å². The lowest BCUT2D eigenvalue weighted by molar-refractivity contribution is 0.172. The summed E-state index contributed by atoms with van der Waals surface area (Å²) in [5, 5.41) is 6.75. The highest BCUT2D eigenvalue weighted by Gasteiger charge is 2.06. The topological polar surface area (TPSA) is 83.6 Å². The normalized spacial score (nSPS) is 11.7. The molecule has 0 unspecified atom stereocenters. The van der Waals surface area contributed by atoms with E-state index in [1.165, 1.54) is 5.56 Å². The van der Waals surface area contributed by atoms with Gasteiger partial charge in [-0.3, -0.25) is 0 Å². The van der Waals surface area contributed by atoms with Gasteiger partial charge in [0.25, 0.3) is 0 Å². The molecule has 0 aliphatic heterocycles. The van der Waals surface area contributed by atoms with Gasteiger partial charge in [-0.25, -0.2) is 9.98 Å². The van der Waals surface area contributed by atoms with Crippen LogP contribution in [-0.4, -0.2) is 49.3 Å². The zero-order valence-electron chi connectivity index (χ0n) is 19.4. The number of para-hydroxylation sites is 2. The molecule has 0 fully saturated rings. The number of aromatic nitrogens is 2. The SMILES string of the molecule is CCNC(=NCc1ccc(C)cc1OCCCOC)NCCCc1nc2ccccc2[nH]1. The van der Waals surface area contributed by atoms with Gasteiger partial charge in [0.05, 0.1) is 24.2 Å². The van der Waals surface area contributed by atoms with Gasteiger partial charge in [-0.2, -0.15) is 0 Å². The van der Waals surface area contributed by atoms with Crippen molar-refractivity contribution in [1.29, 1.82) is 0 Å². The number of guanidine groups is 1. The van der Waals surface area contributed by atoms with E-state index in [1.54, 1.807) is 7.11 Å². The van der Waals surface area contributed by atoms with Crippen molar-refractivity contribution in [3.8, 4) is 5.75 Å². The number of imidazole rings is 1. The minimum atomic E-state index is 0.554. The fourth-order valence-electron chi connectivity index (χ4n) is 3.40. The largest absolute Gasteiger partial charge is 0.493 e. The van der Waals surface area contributed by atoms with E-state index in [0.29, 0.717) is 19.8 Å². The van der Waals surface area contributed by atoms with Crippen molar-refractivity contribution in [2.24, 2.45) is 4.99 Å². The van der Waals surface area contributed by atoms with Gasteiger partial charge in [-0.15, -0.1) is 0 Å². The van der Waals surface area contributed by atoms with Gasteiger partial charge >= 0.3 is 0 Å². The standard InChI is InChI=1S/C25H35N5O2/c1-4-26-25(27-14-7-11-24-29-21-9-5-6-10-22(21)30-24)28-18-20-13-12-19(2)17-23(20)32-16-8-15-31-3/h5-6,9-10,12-13,17H,4,7-8,11,14-16,18H2,1-3H3,(H,29,30)(H2,26,27,28). The first kappa shape index (κ1) is 23.6. The smallest absolute Gasteiger partial charge is 0.191 e. The van der Waals surface area contributed by atoms with Crippen LogP contribution in [0, 0.1) is 6.92 Å².